The summed E-state index contributed by atoms with van der Waals surface area (Å²) in [6.45, 7) is 10.0. The first kappa shape index (κ1) is 14.5. The zero-order valence-electron chi connectivity index (χ0n) is 11.9. The molecule has 1 unspecified atom stereocenters. The van der Waals surface area contributed by atoms with Crippen LogP contribution in [0.25, 0.3) is 0 Å². The van der Waals surface area contributed by atoms with E-state index in [-0.39, 0.29) is 5.41 Å². The number of thiazole rings is 1. The number of likely N-dealkylation sites (N-methyl/N-ethyl adjacent to an activating group) is 1. The van der Waals surface area contributed by atoms with Gasteiger partial charge in [-0.05, 0) is 19.4 Å². The number of anilines is 1. The van der Waals surface area contributed by atoms with Crippen LogP contribution in [0, 0.1) is 5.41 Å². The lowest BCUT2D eigenvalue weighted by Crippen LogP contribution is -2.39. The fraction of sp³-hybridized carbons (Fsp3) is 0.769. The Kier molecular flexibility index (Phi) is 4.95. The number of nitrogens with zero attached hydrogens (tertiary/aromatic N) is 2. The molecule has 0 aromatic carbocycles. The number of nitrogens with one attached hydrogen (secondary N) is 1. The molecule has 0 spiro atoms. The van der Waals surface area contributed by atoms with Gasteiger partial charge in [0.2, 0.25) is 0 Å². The van der Waals surface area contributed by atoms with E-state index in [0.29, 0.717) is 6.04 Å². The molecular weight excluding hydrogens is 230 g/mol. The van der Waals surface area contributed by atoms with Crippen molar-refractivity contribution in [2.45, 2.75) is 40.2 Å². The highest BCUT2D eigenvalue weighted by molar-refractivity contribution is 7.13. The summed E-state index contributed by atoms with van der Waals surface area (Å²) in [5.74, 6) is 0. The molecule has 17 heavy (non-hydrogen) atoms. The van der Waals surface area contributed by atoms with E-state index >= 15 is 0 Å². The van der Waals surface area contributed by atoms with Gasteiger partial charge in [-0.1, -0.05) is 20.8 Å². The molecule has 0 fully saturated rings. The molecule has 1 aromatic heterocycles. The van der Waals surface area contributed by atoms with Crippen molar-refractivity contribution in [3.63, 3.8) is 0 Å². The van der Waals surface area contributed by atoms with Crippen LogP contribution < -0.4 is 10.2 Å². The van der Waals surface area contributed by atoms with Crippen molar-refractivity contribution in [3.8, 4) is 0 Å². The van der Waals surface area contributed by atoms with E-state index in [1.165, 1.54) is 5.69 Å². The lowest BCUT2D eigenvalue weighted by molar-refractivity contribution is 0.329. The molecule has 0 aliphatic carbocycles. The number of hydrogen-bond donors (Lipinski definition) is 1. The Balaban J connectivity index is 2.69. The zero-order valence-corrected chi connectivity index (χ0v) is 12.7. The minimum Gasteiger partial charge on any atom is -0.348 e. The lowest BCUT2D eigenvalue weighted by atomic mass is 9.87. The molecule has 3 nitrogen and oxygen atoms in total. The van der Waals surface area contributed by atoms with Gasteiger partial charge in [-0.15, -0.1) is 11.3 Å². The smallest absolute Gasteiger partial charge is 0.185 e. The molecule has 1 N–H and O–H groups in total. The van der Waals surface area contributed by atoms with E-state index in [9.17, 15) is 0 Å². The normalized spacial score (nSPS) is 13.8. The maximum Gasteiger partial charge on any atom is 0.185 e. The second-order valence-electron chi connectivity index (χ2n) is 5.63. The third kappa shape index (κ3) is 3.96. The van der Waals surface area contributed by atoms with Crippen molar-refractivity contribution in [2.24, 2.45) is 5.41 Å². The van der Waals surface area contributed by atoms with Crippen molar-refractivity contribution >= 4 is 16.5 Å². The van der Waals surface area contributed by atoms with Crippen LogP contribution >= 0.6 is 11.3 Å². The monoisotopic (exact) mass is 255 g/mol. The van der Waals surface area contributed by atoms with Crippen LogP contribution in [0.5, 0.6) is 0 Å². The maximum absolute atomic E-state index is 4.69. The molecule has 0 aliphatic heterocycles. The van der Waals surface area contributed by atoms with Crippen molar-refractivity contribution in [1.82, 2.24) is 10.3 Å². The van der Waals surface area contributed by atoms with Crippen molar-refractivity contribution < 1.29 is 0 Å². The Labute approximate surface area is 109 Å². The Bertz CT molecular complexity index is 341. The average molecular weight is 255 g/mol. The fourth-order valence-electron chi connectivity index (χ4n) is 1.57. The average Bonchev–Trinajstić information content (AvgIpc) is 2.71. The minimum atomic E-state index is 0.269. The van der Waals surface area contributed by atoms with Gasteiger partial charge in [0.15, 0.2) is 5.13 Å². The van der Waals surface area contributed by atoms with Gasteiger partial charge in [0.25, 0.3) is 0 Å². The zero-order chi connectivity index (χ0) is 13.1. The second-order valence-corrected chi connectivity index (χ2v) is 6.46. The highest BCUT2D eigenvalue weighted by Gasteiger charge is 2.25. The summed E-state index contributed by atoms with van der Waals surface area (Å²) in [4.78, 5) is 6.97. The van der Waals surface area contributed by atoms with Gasteiger partial charge in [0.1, 0.15) is 0 Å². The summed E-state index contributed by atoms with van der Waals surface area (Å²) in [5, 5.41) is 6.44. The van der Waals surface area contributed by atoms with Crippen LogP contribution in [0.4, 0.5) is 5.13 Å². The van der Waals surface area contributed by atoms with Crippen LogP contribution in [-0.4, -0.2) is 31.7 Å². The van der Waals surface area contributed by atoms with E-state index in [4.69, 9.17) is 0 Å². The second kappa shape index (κ2) is 5.83. The molecule has 0 saturated heterocycles. The molecule has 1 atom stereocenters. The fourth-order valence-corrected chi connectivity index (χ4v) is 2.48. The summed E-state index contributed by atoms with van der Waals surface area (Å²) in [5.41, 5.74) is 1.46. The molecule has 0 aliphatic rings. The van der Waals surface area contributed by atoms with Gasteiger partial charge < -0.3 is 10.2 Å². The summed E-state index contributed by atoms with van der Waals surface area (Å²) < 4.78 is 0. The topological polar surface area (TPSA) is 28.2 Å². The third-order valence-corrected chi connectivity index (χ3v) is 4.29. The van der Waals surface area contributed by atoms with E-state index in [0.717, 1.165) is 18.1 Å². The number of rotatable bonds is 5. The van der Waals surface area contributed by atoms with Crippen LogP contribution in [0.15, 0.2) is 5.38 Å². The third-order valence-electron chi connectivity index (χ3n) is 3.31. The van der Waals surface area contributed by atoms with Gasteiger partial charge >= 0.3 is 0 Å². The Hall–Kier alpha value is -0.610. The van der Waals surface area contributed by atoms with Crippen molar-refractivity contribution in [2.75, 3.05) is 25.5 Å². The molecule has 0 radical (unpaired) electrons. The summed E-state index contributed by atoms with van der Waals surface area (Å²) in [6.07, 6.45) is 1.00. The van der Waals surface area contributed by atoms with Crippen LogP contribution in [0.3, 0.4) is 0 Å². The molecule has 98 valence electrons. The standard InChI is InChI=1S/C13H25N3S/c1-10(13(2,3)4)16(6)12-15-11(9-17-12)7-8-14-5/h9-10,14H,7-8H2,1-6H3. The molecule has 0 saturated carbocycles. The molecule has 1 aromatic rings. The van der Waals surface area contributed by atoms with Gasteiger partial charge in [0, 0.05) is 31.4 Å². The van der Waals surface area contributed by atoms with Crippen LogP contribution in [0.1, 0.15) is 33.4 Å². The first-order valence-electron chi connectivity index (χ1n) is 6.18. The molecule has 0 bridgehead atoms. The highest BCUT2D eigenvalue weighted by atomic mass is 32.1. The first-order chi connectivity index (χ1) is 7.86. The van der Waals surface area contributed by atoms with Crippen molar-refractivity contribution in [1.29, 1.82) is 0 Å². The van der Waals surface area contributed by atoms with E-state index in [1.807, 2.05) is 7.05 Å². The molecule has 0 amide bonds. The van der Waals surface area contributed by atoms with Gasteiger partial charge in [-0.2, -0.15) is 0 Å². The molecule has 1 rings (SSSR count). The summed E-state index contributed by atoms with van der Waals surface area (Å²) in [7, 11) is 4.11. The van der Waals surface area contributed by atoms with Gasteiger partial charge in [-0.25, -0.2) is 4.98 Å². The quantitative estimate of drug-likeness (QED) is 0.877. The Morgan fingerprint density at radius 3 is 2.65 bits per heavy atom. The maximum atomic E-state index is 4.69. The predicted molar refractivity (Wildman–Crippen MR) is 77.1 cm³/mol. The Morgan fingerprint density at radius 2 is 2.12 bits per heavy atom. The minimum absolute atomic E-state index is 0.269. The van der Waals surface area contributed by atoms with Crippen molar-refractivity contribution in [3.05, 3.63) is 11.1 Å². The first-order valence-corrected chi connectivity index (χ1v) is 7.06. The summed E-state index contributed by atoms with van der Waals surface area (Å²) >= 11 is 1.74. The van der Waals surface area contributed by atoms with E-state index in [2.05, 4.69) is 55.3 Å². The molecule has 4 heteroatoms. The SMILES string of the molecule is CNCCc1csc(N(C)C(C)C(C)(C)C)n1. The van der Waals surface area contributed by atoms with Crippen LogP contribution in [-0.2, 0) is 6.42 Å². The largest absolute Gasteiger partial charge is 0.348 e. The highest BCUT2D eigenvalue weighted by Crippen LogP contribution is 2.29. The number of hydrogen-bond acceptors (Lipinski definition) is 4. The summed E-state index contributed by atoms with van der Waals surface area (Å²) in [6, 6.07) is 0.478. The van der Waals surface area contributed by atoms with E-state index < -0.39 is 0 Å². The predicted octanol–water partition coefficient (Wildman–Crippen LogP) is 2.78. The molecule has 1 heterocycles. The van der Waals surface area contributed by atoms with Gasteiger partial charge in [-0.3, -0.25) is 0 Å². The Morgan fingerprint density at radius 1 is 1.47 bits per heavy atom. The van der Waals surface area contributed by atoms with E-state index in [1.54, 1.807) is 11.3 Å². The van der Waals surface area contributed by atoms with Crippen LogP contribution in [0.2, 0.25) is 0 Å². The lowest BCUT2D eigenvalue weighted by Gasteiger charge is -2.35. The number of aromatic nitrogens is 1. The molecular formula is C13H25N3S. The van der Waals surface area contributed by atoms with Gasteiger partial charge in [0.05, 0.1) is 5.69 Å².